The summed E-state index contributed by atoms with van der Waals surface area (Å²) in [6, 6.07) is 4.47. The van der Waals surface area contributed by atoms with Gasteiger partial charge in [0.05, 0.1) is 0 Å². The van der Waals surface area contributed by atoms with E-state index in [1.54, 1.807) is 12.1 Å². The second-order valence-corrected chi connectivity index (χ2v) is 2.81. The first-order valence-corrected chi connectivity index (χ1v) is 3.99. The van der Waals surface area contributed by atoms with Crippen LogP contribution in [-0.2, 0) is 0 Å². The lowest BCUT2D eigenvalue weighted by Crippen LogP contribution is -2.21. The Morgan fingerprint density at radius 1 is 1.64 bits per heavy atom. The molecule has 5 heteroatoms. The number of oxime groups is 1. The van der Waals surface area contributed by atoms with Gasteiger partial charge in [-0.3, -0.25) is 0 Å². The summed E-state index contributed by atoms with van der Waals surface area (Å²) in [6.45, 7) is 1.67. The molecule has 0 bridgehead atoms. The highest BCUT2D eigenvalue weighted by molar-refractivity contribution is 5.81. The largest absolute Gasteiger partial charge is 0.482 e. The summed E-state index contributed by atoms with van der Waals surface area (Å²) in [6.07, 6.45) is 0. The first kappa shape index (κ1) is 10.3. The van der Waals surface area contributed by atoms with E-state index < -0.39 is 5.82 Å². The second-order valence-electron chi connectivity index (χ2n) is 2.81. The third kappa shape index (κ3) is 2.62. The van der Waals surface area contributed by atoms with Crippen molar-refractivity contribution in [1.82, 2.24) is 0 Å². The van der Waals surface area contributed by atoms with Crippen LogP contribution in [0.15, 0.2) is 23.4 Å². The number of benzene rings is 1. The number of hydrogen-bond acceptors (Lipinski definition) is 3. The average Bonchev–Trinajstić information content (AvgIpc) is 2.19. The van der Waals surface area contributed by atoms with Crippen LogP contribution in [0.3, 0.4) is 0 Å². The van der Waals surface area contributed by atoms with Crippen LogP contribution >= 0.6 is 0 Å². The first-order valence-electron chi connectivity index (χ1n) is 3.99. The molecule has 1 aromatic carbocycles. The molecule has 0 aliphatic heterocycles. The van der Waals surface area contributed by atoms with E-state index in [9.17, 15) is 4.39 Å². The van der Waals surface area contributed by atoms with Gasteiger partial charge in [0, 0.05) is 0 Å². The molecule has 0 amide bonds. The fourth-order valence-corrected chi connectivity index (χ4v) is 0.902. The zero-order valence-corrected chi connectivity index (χ0v) is 7.70. The van der Waals surface area contributed by atoms with Gasteiger partial charge >= 0.3 is 0 Å². The van der Waals surface area contributed by atoms with E-state index in [0.29, 0.717) is 0 Å². The number of halogens is 1. The predicted molar refractivity (Wildman–Crippen MR) is 50.0 cm³/mol. The van der Waals surface area contributed by atoms with Gasteiger partial charge in [-0.05, 0) is 24.6 Å². The van der Waals surface area contributed by atoms with E-state index in [0.717, 1.165) is 5.56 Å². The van der Waals surface area contributed by atoms with Gasteiger partial charge in [-0.25, -0.2) is 4.39 Å². The summed E-state index contributed by atoms with van der Waals surface area (Å²) in [4.78, 5) is 0. The van der Waals surface area contributed by atoms with Crippen LogP contribution in [0.2, 0.25) is 0 Å². The fraction of sp³-hybridized carbons (Fsp3) is 0.222. The van der Waals surface area contributed by atoms with Crippen LogP contribution in [-0.4, -0.2) is 17.6 Å². The maximum atomic E-state index is 13.1. The third-order valence-electron chi connectivity index (χ3n) is 1.59. The maximum Gasteiger partial charge on any atom is 0.177 e. The van der Waals surface area contributed by atoms with E-state index in [-0.39, 0.29) is 18.2 Å². The number of aryl methyl sites for hydroxylation is 1. The van der Waals surface area contributed by atoms with Gasteiger partial charge in [0.2, 0.25) is 0 Å². The third-order valence-corrected chi connectivity index (χ3v) is 1.59. The Bertz CT molecular complexity index is 353. The number of hydrogen-bond donors (Lipinski definition) is 2. The Kier molecular flexibility index (Phi) is 3.28. The van der Waals surface area contributed by atoms with E-state index in [1.165, 1.54) is 6.07 Å². The van der Waals surface area contributed by atoms with Crippen molar-refractivity contribution in [3.05, 3.63) is 29.6 Å². The molecule has 76 valence electrons. The molecule has 3 N–H and O–H groups in total. The van der Waals surface area contributed by atoms with E-state index in [4.69, 9.17) is 15.7 Å². The smallest absolute Gasteiger partial charge is 0.177 e. The standard InChI is InChI=1S/C9H11FN2O2/c1-6-2-3-7(10)8(4-6)14-5-9(11)12-13/h2-4,13H,5H2,1H3,(H2,11,12). The molecule has 0 aliphatic carbocycles. The van der Waals surface area contributed by atoms with Gasteiger partial charge in [-0.15, -0.1) is 0 Å². The lowest BCUT2D eigenvalue weighted by molar-refractivity contribution is 0.303. The molecule has 0 saturated heterocycles. The molecule has 0 radical (unpaired) electrons. The molecule has 0 heterocycles. The Morgan fingerprint density at radius 2 is 2.36 bits per heavy atom. The van der Waals surface area contributed by atoms with E-state index >= 15 is 0 Å². The molecule has 4 nitrogen and oxygen atoms in total. The second kappa shape index (κ2) is 4.45. The molecule has 0 aliphatic rings. The minimum Gasteiger partial charge on any atom is -0.482 e. The van der Waals surface area contributed by atoms with Crippen molar-refractivity contribution in [2.45, 2.75) is 6.92 Å². The molecule has 1 rings (SSSR count). The topological polar surface area (TPSA) is 67.8 Å². The number of amidine groups is 1. The van der Waals surface area contributed by atoms with Crippen LogP contribution in [0.25, 0.3) is 0 Å². The van der Waals surface area contributed by atoms with Crippen molar-refractivity contribution >= 4 is 5.84 Å². The summed E-state index contributed by atoms with van der Waals surface area (Å²) in [5, 5.41) is 10.9. The Labute approximate surface area is 80.8 Å². The highest BCUT2D eigenvalue weighted by Gasteiger charge is 2.03. The number of nitrogens with zero attached hydrogens (tertiary/aromatic N) is 1. The predicted octanol–water partition coefficient (Wildman–Crippen LogP) is 1.26. The Morgan fingerprint density at radius 3 is 3.00 bits per heavy atom. The van der Waals surface area contributed by atoms with Crippen LogP contribution in [0.1, 0.15) is 5.56 Å². The molecule has 1 aromatic rings. The monoisotopic (exact) mass is 198 g/mol. The fourth-order valence-electron chi connectivity index (χ4n) is 0.902. The van der Waals surface area contributed by atoms with E-state index in [1.807, 2.05) is 6.92 Å². The van der Waals surface area contributed by atoms with Crippen molar-refractivity contribution in [3.63, 3.8) is 0 Å². The van der Waals surface area contributed by atoms with Crippen molar-refractivity contribution in [3.8, 4) is 5.75 Å². The van der Waals surface area contributed by atoms with Crippen molar-refractivity contribution in [2.24, 2.45) is 10.9 Å². The Hall–Kier alpha value is -1.78. The summed E-state index contributed by atoms with van der Waals surface area (Å²) < 4.78 is 18.0. The van der Waals surface area contributed by atoms with Crippen LogP contribution in [0, 0.1) is 12.7 Å². The lowest BCUT2D eigenvalue weighted by atomic mass is 10.2. The van der Waals surface area contributed by atoms with Crippen LogP contribution < -0.4 is 10.5 Å². The summed E-state index contributed by atoms with van der Waals surface area (Å²) in [5.41, 5.74) is 6.04. The van der Waals surface area contributed by atoms with Gasteiger partial charge in [0.15, 0.2) is 17.4 Å². The highest BCUT2D eigenvalue weighted by Crippen LogP contribution is 2.17. The summed E-state index contributed by atoms with van der Waals surface area (Å²) >= 11 is 0. The highest BCUT2D eigenvalue weighted by atomic mass is 19.1. The molecule has 0 saturated carbocycles. The zero-order valence-electron chi connectivity index (χ0n) is 7.70. The van der Waals surface area contributed by atoms with Crippen molar-refractivity contribution in [1.29, 1.82) is 0 Å². The molecule has 0 spiro atoms. The molecule has 0 atom stereocenters. The van der Waals surface area contributed by atoms with Gasteiger partial charge in [-0.2, -0.15) is 0 Å². The van der Waals surface area contributed by atoms with Crippen LogP contribution in [0.5, 0.6) is 5.75 Å². The lowest BCUT2D eigenvalue weighted by Gasteiger charge is -2.06. The van der Waals surface area contributed by atoms with E-state index in [2.05, 4.69) is 5.16 Å². The quantitative estimate of drug-likeness (QED) is 0.332. The number of rotatable bonds is 3. The first-order chi connectivity index (χ1) is 6.63. The molecular formula is C9H11FN2O2. The average molecular weight is 198 g/mol. The Balaban J connectivity index is 2.71. The molecule has 0 aromatic heterocycles. The summed E-state index contributed by atoms with van der Waals surface area (Å²) in [5.74, 6) is -0.483. The normalized spacial score (nSPS) is 11.4. The van der Waals surface area contributed by atoms with Gasteiger partial charge < -0.3 is 15.7 Å². The van der Waals surface area contributed by atoms with Crippen LogP contribution in [0.4, 0.5) is 4.39 Å². The minimum atomic E-state index is -0.471. The SMILES string of the molecule is Cc1ccc(F)c(OCC(N)=NO)c1. The number of nitrogens with two attached hydrogens (primary N) is 1. The number of ether oxygens (including phenoxy) is 1. The molecule has 0 unspecified atom stereocenters. The van der Waals surface area contributed by atoms with Crippen molar-refractivity contribution in [2.75, 3.05) is 6.61 Å². The molecular weight excluding hydrogens is 187 g/mol. The molecule has 0 fully saturated rings. The maximum absolute atomic E-state index is 13.1. The summed E-state index contributed by atoms with van der Waals surface area (Å²) in [7, 11) is 0. The van der Waals surface area contributed by atoms with Gasteiger partial charge in [-0.1, -0.05) is 11.2 Å². The minimum absolute atomic E-state index is 0.0941. The zero-order chi connectivity index (χ0) is 10.6. The van der Waals surface area contributed by atoms with Gasteiger partial charge in [0.25, 0.3) is 0 Å². The molecule has 14 heavy (non-hydrogen) atoms. The van der Waals surface area contributed by atoms with Crippen molar-refractivity contribution < 1.29 is 14.3 Å². The van der Waals surface area contributed by atoms with Gasteiger partial charge in [0.1, 0.15) is 6.61 Å².